The zero-order valence-corrected chi connectivity index (χ0v) is 48.8. The molecule has 1 saturated heterocycles. The van der Waals surface area contributed by atoms with Gasteiger partial charge in [-0.2, -0.15) is 0 Å². The molecular formula is C66H121NO8. The third-order valence-electron chi connectivity index (χ3n) is 15.1. The molecule has 7 unspecified atom stereocenters. The highest BCUT2D eigenvalue weighted by molar-refractivity contribution is 5.76. The van der Waals surface area contributed by atoms with Gasteiger partial charge in [0, 0.05) is 6.42 Å². The highest BCUT2D eigenvalue weighted by Gasteiger charge is 2.44. The maximum atomic E-state index is 13.1. The van der Waals surface area contributed by atoms with Crippen LogP contribution < -0.4 is 5.32 Å². The molecule has 9 heteroatoms. The van der Waals surface area contributed by atoms with E-state index in [1.807, 2.05) is 6.08 Å². The van der Waals surface area contributed by atoms with Crippen molar-refractivity contribution in [3.8, 4) is 0 Å². The van der Waals surface area contributed by atoms with Gasteiger partial charge in [0.05, 0.1) is 25.4 Å². The summed E-state index contributed by atoms with van der Waals surface area (Å²) in [5.74, 6) is -0.184. The number of carbonyl (C=O) groups is 1. The number of nitrogens with one attached hydrogen (secondary N) is 1. The molecule has 1 heterocycles. The Hall–Kier alpha value is -2.11. The molecule has 1 amide bonds. The average molecular weight is 1060 g/mol. The number of amides is 1. The summed E-state index contributed by atoms with van der Waals surface area (Å²) < 4.78 is 11.3. The molecule has 0 aromatic rings. The number of ether oxygens (including phenoxy) is 2. The van der Waals surface area contributed by atoms with Gasteiger partial charge in [0.25, 0.3) is 0 Å². The van der Waals surface area contributed by atoms with Crippen LogP contribution in [-0.2, 0) is 14.3 Å². The summed E-state index contributed by atoms with van der Waals surface area (Å²) in [7, 11) is 0. The van der Waals surface area contributed by atoms with E-state index >= 15 is 0 Å². The minimum atomic E-state index is -1.57. The van der Waals surface area contributed by atoms with Crippen molar-refractivity contribution in [2.75, 3.05) is 13.2 Å². The molecule has 0 bridgehead atoms. The van der Waals surface area contributed by atoms with Crippen LogP contribution in [0.25, 0.3) is 0 Å². The largest absolute Gasteiger partial charge is 0.394 e. The van der Waals surface area contributed by atoms with Gasteiger partial charge >= 0.3 is 0 Å². The number of aliphatic hydroxyl groups excluding tert-OH is 5. The Morgan fingerprint density at radius 2 is 0.827 bits per heavy atom. The minimum absolute atomic E-state index is 0.184. The predicted molar refractivity (Wildman–Crippen MR) is 318 cm³/mol. The topological polar surface area (TPSA) is 149 Å². The number of rotatable bonds is 55. The molecule has 438 valence electrons. The molecular weight excluding hydrogens is 935 g/mol. The molecule has 0 aliphatic carbocycles. The van der Waals surface area contributed by atoms with Gasteiger partial charge in [-0.1, -0.05) is 293 Å². The van der Waals surface area contributed by atoms with Gasteiger partial charge in [-0.15, -0.1) is 0 Å². The molecule has 7 atom stereocenters. The second kappa shape index (κ2) is 55.2. The first-order chi connectivity index (χ1) is 36.8. The van der Waals surface area contributed by atoms with Gasteiger partial charge in [-0.25, -0.2) is 0 Å². The van der Waals surface area contributed by atoms with Crippen LogP contribution in [0, 0.1) is 0 Å². The Kier molecular flexibility index (Phi) is 52.2. The van der Waals surface area contributed by atoms with Gasteiger partial charge in [0.2, 0.25) is 5.91 Å². The standard InChI is InChI=1S/C66H121NO8/c1-3-5-7-9-11-13-15-17-19-21-23-25-26-27-28-29-30-31-32-33-34-36-37-39-41-43-45-47-49-51-53-55-60(69)59(58-74-66-65(73)64(72)63(71)61(57-68)75-66)67-62(70)56-54-52-50-48-46-44-42-40-38-35-24-22-20-18-16-14-12-10-8-6-4-2/h6,8,12,14,18,20,24,35,53,55,59-61,63-66,68-69,71-73H,3-5,7,9-11,13,15-17,19,21-23,25-34,36-52,54,56-58H2,1-2H3,(H,67,70)/b8-6-,14-12-,20-18-,35-24-,55-53+. The number of hydrogen-bond donors (Lipinski definition) is 6. The third kappa shape index (κ3) is 44.4. The quantitative estimate of drug-likeness (QED) is 0.0261. The van der Waals surface area contributed by atoms with Crippen molar-refractivity contribution in [2.24, 2.45) is 0 Å². The van der Waals surface area contributed by atoms with E-state index in [9.17, 15) is 30.3 Å². The fraction of sp³-hybridized carbons (Fsp3) is 0.833. The SMILES string of the molecule is CC/C=C\C/C=C\C/C=C\C/C=C\CCCCCCCCCCC(=O)NC(COC1OC(CO)C(O)C(O)C1O)C(O)/C=C/CCCCCCCCCCCCCCCCCCCCCCCCCCCCCCC. The van der Waals surface area contributed by atoms with Crippen molar-refractivity contribution in [3.05, 3.63) is 60.8 Å². The number of allylic oxidation sites excluding steroid dienone is 9. The number of hydrogen-bond acceptors (Lipinski definition) is 8. The van der Waals surface area contributed by atoms with E-state index in [1.165, 1.54) is 199 Å². The van der Waals surface area contributed by atoms with Gasteiger partial charge in [-0.05, 0) is 57.8 Å². The fourth-order valence-corrected chi connectivity index (χ4v) is 10.1. The van der Waals surface area contributed by atoms with E-state index in [2.05, 4.69) is 67.8 Å². The molecule has 1 aliphatic heterocycles. The minimum Gasteiger partial charge on any atom is -0.394 e. The molecule has 0 aromatic carbocycles. The van der Waals surface area contributed by atoms with Gasteiger partial charge in [-0.3, -0.25) is 4.79 Å². The van der Waals surface area contributed by atoms with E-state index < -0.39 is 49.5 Å². The maximum Gasteiger partial charge on any atom is 0.220 e. The first kappa shape index (κ1) is 70.9. The fourth-order valence-electron chi connectivity index (χ4n) is 10.1. The van der Waals surface area contributed by atoms with E-state index in [1.54, 1.807) is 6.08 Å². The second-order valence-corrected chi connectivity index (χ2v) is 22.2. The lowest BCUT2D eigenvalue weighted by Crippen LogP contribution is -2.60. The van der Waals surface area contributed by atoms with Crippen LogP contribution in [-0.4, -0.2) is 87.5 Å². The van der Waals surface area contributed by atoms with Crippen molar-refractivity contribution in [1.29, 1.82) is 0 Å². The van der Waals surface area contributed by atoms with E-state index in [-0.39, 0.29) is 12.5 Å². The lowest BCUT2D eigenvalue weighted by Gasteiger charge is -2.40. The smallest absolute Gasteiger partial charge is 0.220 e. The Morgan fingerprint density at radius 1 is 0.467 bits per heavy atom. The lowest BCUT2D eigenvalue weighted by molar-refractivity contribution is -0.302. The molecule has 1 fully saturated rings. The van der Waals surface area contributed by atoms with Crippen molar-refractivity contribution in [1.82, 2.24) is 5.32 Å². The Bertz CT molecular complexity index is 1360. The van der Waals surface area contributed by atoms with Crippen LogP contribution in [0.2, 0.25) is 0 Å². The van der Waals surface area contributed by atoms with Gasteiger partial charge < -0.3 is 40.3 Å². The zero-order valence-electron chi connectivity index (χ0n) is 48.8. The summed E-state index contributed by atoms with van der Waals surface area (Å²) >= 11 is 0. The third-order valence-corrected chi connectivity index (χ3v) is 15.1. The summed E-state index contributed by atoms with van der Waals surface area (Å²) in [6, 6.07) is -0.814. The molecule has 6 N–H and O–H groups in total. The Labute approximate surface area is 462 Å². The normalized spacial score (nSPS) is 19.3. The molecule has 1 aliphatic rings. The first-order valence-electron chi connectivity index (χ1n) is 32.0. The number of unbranched alkanes of at least 4 members (excludes halogenated alkanes) is 37. The summed E-state index contributed by atoms with van der Waals surface area (Å²) in [5.41, 5.74) is 0. The predicted octanol–water partition coefficient (Wildman–Crippen LogP) is 16.6. The van der Waals surface area contributed by atoms with Crippen LogP contribution >= 0.6 is 0 Å². The molecule has 0 saturated carbocycles. The van der Waals surface area contributed by atoms with Crippen LogP contribution in [0.1, 0.15) is 296 Å². The number of aliphatic hydroxyl groups is 5. The summed E-state index contributed by atoms with van der Waals surface area (Å²) in [4.78, 5) is 13.1. The molecule has 9 nitrogen and oxygen atoms in total. The molecule has 0 aromatic heterocycles. The highest BCUT2D eigenvalue weighted by Crippen LogP contribution is 2.23. The molecule has 1 rings (SSSR count). The van der Waals surface area contributed by atoms with Gasteiger partial charge in [0.15, 0.2) is 6.29 Å². The number of carbonyl (C=O) groups excluding carboxylic acids is 1. The van der Waals surface area contributed by atoms with Crippen LogP contribution in [0.3, 0.4) is 0 Å². The summed E-state index contributed by atoms with van der Waals surface area (Å²) in [6.45, 7) is 3.69. The molecule has 0 radical (unpaired) electrons. The Balaban J connectivity index is 2.17. The van der Waals surface area contributed by atoms with Crippen LogP contribution in [0.15, 0.2) is 60.8 Å². The zero-order chi connectivity index (χ0) is 54.3. The average Bonchev–Trinajstić information content (AvgIpc) is 3.41. The van der Waals surface area contributed by atoms with Crippen LogP contribution in [0.5, 0.6) is 0 Å². The van der Waals surface area contributed by atoms with Crippen molar-refractivity contribution in [2.45, 2.75) is 339 Å². The first-order valence-corrected chi connectivity index (χ1v) is 32.0. The highest BCUT2D eigenvalue weighted by atomic mass is 16.7. The van der Waals surface area contributed by atoms with E-state index in [4.69, 9.17) is 9.47 Å². The van der Waals surface area contributed by atoms with Gasteiger partial charge in [0.1, 0.15) is 24.4 Å². The van der Waals surface area contributed by atoms with Crippen molar-refractivity contribution >= 4 is 5.91 Å². The Morgan fingerprint density at radius 3 is 1.23 bits per heavy atom. The monoisotopic (exact) mass is 1060 g/mol. The second-order valence-electron chi connectivity index (χ2n) is 22.2. The maximum absolute atomic E-state index is 13.1. The van der Waals surface area contributed by atoms with E-state index in [0.717, 1.165) is 77.0 Å². The molecule has 0 spiro atoms. The van der Waals surface area contributed by atoms with Crippen molar-refractivity contribution < 1.29 is 39.8 Å². The van der Waals surface area contributed by atoms with E-state index in [0.29, 0.717) is 6.42 Å². The van der Waals surface area contributed by atoms with Crippen LogP contribution in [0.4, 0.5) is 0 Å². The summed E-state index contributed by atoms with van der Waals surface area (Å²) in [5, 5.41) is 54.6. The van der Waals surface area contributed by atoms with Crippen molar-refractivity contribution in [3.63, 3.8) is 0 Å². The molecule has 75 heavy (non-hydrogen) atoms. The summed E-state index contributed by atoms with van der Waals surface area (Å²) in [6.07, 6.45) is 68.8. The lowest BCUT2D eigenvalue weighted by atomic mass is 9.99.